The predicted molar refractivity (Wildman–Crippen MR) is 111 cm³/mol. The minimum atomic E-state index is -0.236. The van der Waals surface area contributed by atoms with Gasteiger partial charge in [-0.15, -0.1) is 24.0 Å². The van der Waals surface area contributed by atoms with E-state index in [4.69, 9.17) is 9.47 Å². The number of ether oxygens (including phenoxy) is 2. The fraction of sp³-hybridized carbons (Fsp3) is 0.316. The Morgan fingerprint density at radius 2 is 2.00 bits per heavy atom. The molecule has 0 aromatic heterocycles. The molecule has 1 aliphatic rings. The van der Waals surface area contributed by atoms with Gasteiger partial charge in [0.05, 0.1) is 6.54 Å². The molecule has 2 aromatic rings. The third kappa shape index (κ3) is 5.23. The number of nitrogens with one attached hydrogen (secondary N) is 1. The Kier molecular flexibility index (Phi) is 7.50. The van der Waals surface area contributed by atoms with Crippen molar-refractivity contribution in [3.8, 4) is 11.5 Å². The fourth-order valence-electron chi connectivity index (χ4n) is 2.74. The summed E-state index contributed by atoms with van der Waals surface area (Å²) >= 11 is 0. The van der Waals surface area contributed by atoms with Gasteiger partial charge < -0.3 is 19.7 Å². The van der Waals surface area contributed by atoms with Crippen LogP contribution in [-0.2, 0) is 6.54 Å². The summed E-state index contributed by atoms with van der Waals surface area (Å²) in [7, 11) is 3.63. The van der Waals surface area contributed by atoms with Crippen LogP contribution in [0, 0.1) is 5.82 Å². The van der Waals surface area contributed by atoms with Gasteiger partial charge in [-0.05, 0) is 29.8 Å². The number of benzene rings is 2. The monoisotopic (exact) mass is 471 g/mol. The number of nitrogens with zero attached hydrogens (tertiary/aromatic N) is 2. The molecular weight excluding hydrogens is 448 g/mol. The Bertz CT molecular complexity index is 757. The van der Waals surface area contributed by atoms with Crippen LogP contribution in [0.5, 0.6) is 11.5 Å². The lowest BCUT2D eigenvalue weighted by molar-refractivity contribution is 0.0932. The molecule has 0 saturated heterocycles. The van der Waals surface area contributed by atoms with Crippen molar-refractivity contribution in [3.05, 3.63) is 59.9 Å². The van der Waals surface area contributed by atoms with Crippen molar-refractivity contribution in [1.29, 1.82) is 0 Å². The van der Waals surface area contributed by atoms with E-state index in [1.165, 1.54) is 12.1 Å². The number of aliphatic imine (C=N–C) groups is 1. The number of hydrogen-bond acceptors (Lipinski definition) is 3. The summed E-state index contributed by atoms with van der Waals surface area (Å²) in [4.78, 5) is 6.21. The lowest BCUT2D eigenvalue weighted by Crippen LogP contribution is -2.45. The Hall–Kier alpha value is -2.03. The maximum Gasteiger partial charge on any atom is 0.193 e. The first kappa shape index (κ1) is 20.3. The topological polar surface area (TPSA) is 46.1 Å². The van der Waals surface area contributed by atoms with Gasteiger partial charge in [-0.1, -0.05) is 24.3 Å². The van der Waals surface area contributed by atoms with E-state index in [1.807, 2.05) is 42.3 Å². The van der Waals surface area contributed by atoms with Crippen LogP contribution < -0.4 is 14.8 Å². The van der Waals surface area contributed by atoms with Gasteiger partial charge in [0, 0.05) is 20.6 Å². The third-order valence-electron chi connectivity index (χ3n) is 3.94. The van der Waals surface area contributed by atoms with Crippen molar-refractivity contribution in [1.82, 2.24) is 10.2 Å². The molecule has 0 radical (unpaired) electrons. The van der Waals surface area contributed by atoms with E-state index in [0.29, 0.717) is 25.7 Å². The lowest BCUT2D eigenvalue weighted by atomic mass is 10.2. The molecule has 3 rings (SSSR count). The molecule has 0 bridgehead atoms. The second-order valence-electron chi connectivity index (χ2n) is 5.91. The van der Waals surface area contributed by atoms with Gasteiger partial charge >= 0.3 is 0 Å². The molecule has 0 spiro atoms. The molecule has 26 heavy (non-hydrogen) atoms. The summed E-state index contributed by atoms with van der Waals surface area (Å²) in [6.45, 7) is 1.60. The van der Waals surface area contributed by atoms with Crippen molar-refractivity contribution in [2.75, 3.05) is 27.2 Å². The van der Waals surface area contributed by atoms with E-state index in [2.05, 4.69) is 10.3 Å². The van der Waals surface area contributed by atoms with E-state index in [-0.39, 0.29) is 35.9 Å². The maximum atomic E-state index is 13.3. The van der Waals surface area contributed by atoms with E-state index in [9.17, 15) is 4.39 Å². The minimum absolute atomic E-state index is 0. The first-order chi connectivity index (χ1) is 12.2. The van der Waals surface area contributed by atoms with Gasteiger partial charge in [0.1, 0.15) is 18.5 Å². The fourth-order valence-corrected chi connectivity index (χ4v) is 2.74. The number of hydrogen-bond donors (Lipinski definition) is 1. The normalized spacial score (nSPS) is 15.8. The molecule has 1 N–H and O–H groups in total. The van der Waals surface area contributed by atoms with Gasteiger partial charge in [0.15, 0.2) is 17.5 Å². The molecule has 0 fully saturated rings. The van der Waals surface area contributed by atoms with Crippen LogP contribution in [0.3, 0.4) is 0 Å². The van der Waals surface area contributed by atoms with Gasteiger partial charge in [-0.25, -0.2) is 4.39 Å². The van der Waals surface area contributed by atoms with Crippen molar-refractivity contribution in [2.24, 2.45) is 4.99 Å². The quantitative estimate of drug-likeness (QED) is 0.423. The van der Waals surface area contributed by atoms with E-state index in [1.54, 1.807) is 13.1 Å². The number of halogens is 2. The summed E-state index contributed by atoms with van der Waals surface area (Å²) in [5.74, 6) is 2.00. The zero-order valence-corrected chi connectivity index (χ0v) is 17.1. The highest BCUT2D eigenvalue weighted by atomic mass is 127. The van der Waals surface area contributed by atoms with E-state index < -0.39 is 0 Å². The molecule has 0 amide bonds. The maximum absolute atomic E-state index is 13.3. The molecule has 7 heteroatoms. The van der Waals surface area contributed by atoms with Gasteiger partial charge in [-0.2, -0.15) is 0 Å². The van der Waals surface area contributed by atoms with Crippen molar-refractivity contribution < 1.29 is 13.9 Å². The summed E-state index contributed by atoms with van der Waals surface area (Å²) in [6, 6.07) is 14.2. The van der Waals surface area contributed by atoms with Crippen LogP contribution >= 0.6 is 24.0 Å². The van der Waals surface area contributed by atoms with Crippen LogP contribution in [-0.4, -0.2) is 44.2 Å². The summed E-state index contributed by atoms with van der Waals surface area (Å²) in [5.41, 5.74) is 0.886. The summed E-state index contributed by atoms with van der Waals surface area (Å²) in [5, 5.41) is 3.28. The van der Waals surface area contributed by atoms with Crippen LogP contribution in [0.1, 0.15) is 5.56 Å². The second-order valence-corrected chi connectivity index (χ2v) is 5.91. The summed E-state index contributed by atoms with van der Waals surface area (Å²) in [6.07, 6.45) is -0.103. The minimum Gasteiger partial charge on any atom is -0.486 e. The zero-order valence-electron chi connectivity index (χ0n) is 14.8. The van der Waals surface area contributed by atoms with Gasteiger partial charge in [-0.3, -0.25) is 4.99 Å². The second kappa shape index (κ2) is 9.61. The molecule has 0 aliphatic carbocycles. The van der Waals surface area contributed by atoms with Gasteiger partial charge in [0.2, 0.25) is 0 Å². The zero-order chi connectivity index (χ0) is 17.6. The number of rotatable bonds is 4. The Morgan fingerprint density at radius 3 is 2.73 bits per heavy atom. The third-order valence-corrected chi connectivity index (χ3v) is 3.94. The highest BCUT2D eigenvalue weighted by Crippen LogP contribution is 2.30. The molecule has 1 heterocycles. The van der Waals surface area contributed by atoms with Crippen LogP contribution in [0.4, 0.5) is 4.39 Å². The summed E-state index contributed by atoms with van der Waals surface area (Å²) < 4.78 is 25.0. The number of fused-ring (bicyclic) bond motifs is 1. The molecule has 1 aliphatic heterocycles. The highest BCUT2D eigenvalue weighted by molar-refractivity contribution is 14.0. The predicted octanol–water partition coefficient (Wildman–Crippen LogP) is 3.29. The van der Waals surface area contributed by atoms with Crippen molar-refractivity contribution >= 4 is 29.9 Å². The molecule has 140 valence electrons. The average molecular weight is 471 g/mol. The molecule has 1 unspecified atom stereocenters. The van der Waals surface area contributed by atoms with Crippen LogP contribution in [0.15, 0.2) is 53.5 Å². The SMILES string of the molecule is CN=C(NCC1COc2ccccc2O1)N(C)Cc1cccc(F)c1.I. The van der Waals surface area contributed by atoms with E-state index >= 15 is 0 Å². The standard InChI is InChI=1S/C19H22FN3O2.HI/c1-21-19(23(2)12-14-6-5-7-15(20)10-14)22-11-16-13-24-17-8-3-4-9-18(17)25-16;/h3-10,16H,11-13H2,1-2H3,(H,21,22);1H. The average Bonchev–Trinajstić information content (AvgIpc) is 2.62. The lowest BCUT2D eigenvalue weighted by Gasteiger charge is -2.28. The van der Waals surface area contributed by atoms with E-state index in [0.717, 1.165) is 17.1 Å². The van der Waals surface area contributed by atoms with Crippen LogP contribution in [0.2, 0.25) is 0 Å². The highest BCUT2D eigenvalue weighted by Gasteiger charge is 2.21. The van der Waals surface area contributed by atoms with Gasteiger partial charge in [0.25, 0.3) is 0 Å². The smallest absolute Gasteiger partial charge is 0.193 e. The Morgan fingerprint density at radius 1 is 1.23 bits per heavy atom. The Labute approximate surface area is 170 Å². The van der Waals surface area contributed by atoms with Crippen molar-refractivity contribution in [2.45, 2.75) is 12.6 Å². The first-order valence-corrected chi connectivity index (χ1v) is 8.20. The Balaban J connectivity index is 0.00000243. The number of guanidine groups is 1. The molecule has 0 saturated carbocycles. The first-order valence-electron chi connectivity index (χ1n) is 8.20. The largest absolute Gasteiger partial charge is 0.486 e. The van der Waals surface area contributed by atoms with Crippen LogP contribution in [0.25, 0.3) is 0 Å². The van der Waals surface area contributed by atoms with Crippen molar-refractivity contribution in [3.63, 3.8) is 0 Å². The number of para-hydroxylation sites is 2. The molecular formula is C19H23FIN3O2. The molecule has 1 atom stereocenters. The molecule has 5 nitrogen and oxygen atoms in total. The molecule has 2 aromatic carbocycles.